The Bertz CT molecular complexity index is 993. The van der Waals surface area contributed by atoms with Crippen LogP contribution < -0.4 is 5.32 Å². The Hall–Kier alpha value is -2.40. The monoisotopic (exact) mass is 473 g/mol. The van der Waals surface area contributed by atoms with E-state index >= 15 is 0 Å². The molecule has 0 bridgehead atoms. The molecular formula is C21H26F3N3O4S. The number of nitrogens with one attached hydrogen (secondary N) is 1. The highest BCUT2D eigenvalue weighted by molar-refractivity contribution is 7.17. The number of fused-ring (bicyclic) bond motifs is 1. The van der Waals surface area contributed by atoms with Gasteiger partial charge in [0.25, 0.3) is 5.91 Å². The van der Waals surface area contributed by atoms with Gasteiger partial charge in [-0.1, -0.05) is 0 Å². The number of likely N-dealkylation sites (tertiary alicyclic amines) is 1. The summed E-state index contributed by atoms with van der Waals surface area (Å²) in [6.07, 6.45) is -3.93. The number of hydrogen-bond donors (Lipinski definition) is 2. The van der Waals surface area contributed by atoms with Crippen molar-refractivity contribution in [2.75, 3.05) is 26.7 Å². The highest BCUT2D eigenvalue weighted by atomic mass is 32.1. The zero-order valence-corrected chi connectivity index (χ0v) is 18.9. The maximum absolute atomic E-state index is 13.7. The van der Waals surface area contributed by atoms with Gasteiger partial charge in [0.05, 0.1) is 33.6 Å². The predicted octanol–water partition coefficient (Wildman–Crippen LogP) is 4.15. The molecule has 1 aliphatic rings. The van der Waals surface area contributed by atoms with Crippen LogP contribution in [0, 0.1) is 0 Å². The number of ether oxygens (including phenoxy) is 1. The molecule has 32 heavy (non-hydrogen) atoms. The number of rotatable bonds is 5. The number of carbonyl (C=O) groups excluding carboxylic acids is 2. The number of halogens is 3. The number of piperidine rings is 1. The van der Waals surface area contributed by atoms with Crippen LogP contribution >= 0.6 is 11.3 Å². The molecule has 0 spiro atoms. The minimum absolute atomic E-state index is 0.0487. The van der Waals surface area contributed by atoms with Crippen LogP contribution in [-0.2, 0) is 10.9 Å². The van der Waals surface area contributed by atoms with E-state index in [0.717, 1.165) is 17.4 Å². The summed E-state index contributed by atoms with van der Waals surface area (Å²) in [4.78, 5) is 30.3. The lowest BCUT2D eigenvalue weighted by Crippen LogP contribution is -2.39. The molecular weight excluding hydrogens is 447 g/mol. The number of amides is 2. The molecule has 0 atom stereocenters. The minimum Gasteiger partial charge on any atom is -0.449 e. The normalized spacial score (nSPS) is 15.8. The number of aliphatic hydroxyl groups is 1. The van der Waals surface area contributed by atoms with Gasteiger partial charge in [0.15, 0.2) is 0 Å². The van der Waals surface area contributed by atoms with Crippen LogP contribution in [-0.4, -0.2) is 59.3 Å². The SMILES string of the molecule is CNC(=O)c1csc2c(C(F)(F)F)cc(C3CCN(C(=O)OCCC(C)(C)O)CC3)nc12. The average molecular weight is 474 g/mol. The van der Waals surface area contributed by atoms with Crippen molar-refractivity contribution < 1.29 is 32.6 Å². The van der Waals surface area contributed by atoms with Gasteiger partial charge in [0, 0.05) is 43.5 Å². The van der Waals surface area contributed by atoms with Crippen molar-refractivity contribution in [1.29, 1.82) is 0 Å². The summed E-state index contributed by atoms with van der Waals surface area (Å²) in [5, 5.41) is 13.5. The molecule has 0 saturated carbocycles. The van der Waals surface area contributed by atoms with E-state index in [9.17, 15) is 27.9 Å². The number of aromatic nitrogens is 1. The molecule has 2 aromatic heterocycles. The standard InChI is InChI=1S/C21H26F3N3O4S/c1-20(2,30)6-9-31-19(29)27-7-4-12(5-8-27)15-10-14(21(22,23)24)17-16(26-15)13(11-32-17)18(28)25-3/h10-12,30H,4-9H2,1-3H3,(H,25,28). The third kappa shape index (κ3) is 5.50. The number of carbonyl (C=O) groups is 2. The molecule has 1 aliphatic heterocycles. The van der Waals surface area contributed by atoms with E-state index in [4.69, 9.17) is 4.74 Å². The number of hydrogen-bond acceptors (Lipinski definition) is 6. The van der Waals surface area contributed by atoms with Crippen molar-refractivity contribution in [3.63, 3.8) is 0 Å². The Kier molecular flexibility index (Phi) is 6.99. The first kappa shape index (κ1) is 24.2. The van der Waals surface area contributed by atoms with Crippen LogP contribution in [0.2, 0.25) is 0 Å². The lowest BCUT2D eigenvalue weighted by Gasteiger charge is -2.31. The Labute approximate surface area is 187 Å². The van der Waals surface area contributed by atoms with E-state index < -0.39 is 29.3 Å². The second kappa shape index (κ2) is 9.22. The molecule has 7 nitrogen and oxygen atoms in total. The van der Waals surface area contributed by atoms with Gasteiger partial charge in [0.1, 0.15) is 0 Å². The molecule has 0 unspecified atom stereocenters. The van der Waals surface area contributed by atoms with Gasteiger partial charge >= 0.3 is 12.3 Å². The quantitative estimate of drug-likeness (QED) is 0.681. The van der Waals surface area contributed by atoms with E-state index in [1.54, 1.807) is 13.8 Å². The average Bonchev–Trinajstić information content (AvgIpc) is 3.14. The maximum Gasteiger partial charge on any atom is 0.417 e. The summed E-state index contributed by atoms with van der Waals surface area (Å²) in [5.41, 5.74) is -1.31. The first-order chi connectivity index (χ1) is 14.9. The van der Waals surface area contributed by atoms with E-state index in [2.05, 4.69) is 10.3 Å². The van der Waals surface area contributed by atoms with Gasteiger partial charge in [-0.25, -0.2) is 4.79 Å². The lowest BCUT2D eigenvalue weighted by atomic mass is 9.92. The molecule has 1 fully saturated rings. The number of pyridine rings is 1. The zero-order valence-electron chi connectivity index (χ0n) is 18.1. The van der Waals surface area contributed by atoms with Gasteiger partial charge < -0.3 is 20.1 Å². The second-order valence-electron chi connectivity index (χ2n) is 8.44. The Morgan fingerprint density at radius 1 is 1.31 bits per heavy atom. The van der Waals surface area contributed by atoms with Crippen molar-refractivity contribution in [3.05, 3.63) is 28.3 Å². The topological polar surface area (TPSA) is 91.8 Å². The van der Waals surface area contributed by atoms with Crippen LogP contribution in [0.15, 0.2) is 11.4 Å². The highest BCUT2D eigenvalue weighted by Gasteiger charge is 2.36. The van der Waals surface area contributed by atoms with Crippen LogP contribution in [0.25, 0.3) is 10.2 Å². The van der Waals surface area contributed by atoms with Gasteiger partial charge in [-0.05, 0) is 32.8 Å². The minimum atomic E-state index is -4.58. The molecule has 3 heterocycles. The number of alkyl halides is 3. The Morgan fingerprint density at radius 3 is 2.53 bits per heavy atom. The summed E-state index contributed by atoms with van der Waals surface area (Å²) in [5.74, 6) is -0.768. The van der Waals surface area contributed by atoms with Gasteiger partial charge in [-0.2, -0.15) is 13.2 Å². The molecule has 2 amide bonds. The molecule has 1 saturated heterocycles. The molecule has 0 aromatic carbocycles. The second-order valence-corrected chi connectivity index (χ2v) is 9.32. The van der Waals surface area contributed by atoms with Crippen LogP contribution in [0.4, 0.5) is 18.0 Å². The van der Waals surface area contributed by atoms with E-state index in [1.165, 1.54) is 17.3 Å². The first-order valence-electron chi connectivity index (χ1n) is 10.3. The largest absolute Gasteiger partial charge is 0.449 e. The maximum atomic E-state index is 13.7. The highest BCUT2D eigenvalue weighted by Crippen LogP contribution is 2.41. The Morgan fingerprint density at radius 2 is 1.97 bits per heavy atom. The molecule has 3 rings (SSSR count). The van der Waals surface area contributed by atoms with Gasteiger partial charge in [-0.15, -0.1) is 11.3 Å². The smallest absolute Gasteiger partial charge is 0.417 e. The molecule has 2 N–H and O–H groups in total. The Balaban J connectivity index is 1.77. The zero-order chi connectivity index (χ0) is 23.7. The van der Waals surface area contributed by atoms with Crippen molar-refractivity contribution in [3.8, 4) is 0 Å². The van der Waals surface area contributed by atoms with E-state index in [-0.39, 0.29) is 34.0 Å². The summed E-state index contributed by atoms with van der Waals surface area (Å²) in [6.45, 7) is 3.96. The van der Waals surface area contributed by atoms with Gasteiger partial charge in [-0.3, -0.25) is 9.78 Å². The van der Waals surface area contributed by atoms with Gasteiger partial charge in [0.2, 0.25) is 0 Å². The lowest BCUT2D eigenvalue weighted by molar-refractivity contribution is -0.136. The predicted molar refractivity (Wildman–Crippen MR) is 114 cm³/mol. The fourth-order valence-electron chi connectivity index (χ4n) is 3.58. The van der Waals surface area contributed by atoms with E-state index in [1.807, 2.05) is 0 Å². The molecule has 0 aliphatic carbocycles. The third-order valence-corrected chi connectivity index (χ3v) is 6.43. The van der Waals surface area contributed by atoms with Crippen LogP contribution in [0.1, 0.15) is 60.6 Å². The molecule has 0 radical (unpaired) electrons. The molecule has 2 aromatic rings. The summed E-state index contributed by atoms with van der Waals surface area (Å²) < 4.78 is 46.3. The first-order valence-corrected chi connectivity index (χ1v) is 11.1. The fraction of sp³-hybridized carbons (Fsp3) is 0.571. The summed E-state index contributed by atoms with van der Waals surface area (Å²) in [6, 6.07) is 1.06. The fourth-order valence-corrected chi connectivity index (χ4v) is 4.60. The summed E-state index contributed by atoms with van der Waals surface area (Å²) in [7, 11) is 1.41. The third-order valence-electron chi connectivity index (χ3n) is 5.43. The summed E-state index contributed by atoms with van der Waals surface area (Å²) >= 11 is 0.849. The number of thiophene rings is 1. The van der Waals surface area contributed by atoms with Crippen molar-refractivity contribution in [2.45, 2.75) is 50.8 Å². The molecule has 11 heteroatoms. The van der Waals surface area contributed by atoms with Crippen molar-refractivity contribution in [2.24, 2.45) is 0 Å². The van der Waals surface area contributed by atoms with Crippen LogP contribution in [0.5, 0.6) is 0 Å². The van der Waals surface area contributed by atoms with Crippen LogP contribution in [0.3, 0.4) is 0 Å². The van der Waals surface area contributed by atoms with E-state index in [0.29, 0.717) is 32.4 Å². The van der Waals surface area contributed by atoms with Crippen molar-refractivity contribution in [1.82, 2.24) is 15.2 Å². The molecule has 176 valence electrons. The number of nitrogens with zero attached hydrogens (tertiary/aromatic N) is 2. The van der Waals surface area contributed by atoms with Crippen molar-refractivity contribution >= 4 is 33.6 Å².